The molecule has 1 rings (SSSR count). The van der Waals surface area contributed by atoms with E-state index >= 15 is 0 Å². The number of nitrogens with two attached hydrogens (primary N) is 1. The molecule has 1 amide bonds. The maximum Gasteiger partial charge on any atom is 0.224 e. The Morgan fingerprint density at radius 2 is 2.21 bits per heavy atom. The fourth-order valence-corrected chi connectivity index (χ4v) is 1.53. The monoisotopic (exact) mass is 265 g/mol. The highest BCUT2D eigenvalue weighted by Crippen LogP contribution is 2.15. The Morgan fingerprint density at radius 3 is 2.84 bits per heavy atom. The Hall–Kier alpha value is -2.08. The van der Waals surface area contributed by atoms with Gasteiger partial charge in [-0.2, -0.15) is 0 Å². The summed E-state index contributed by atoms with van der Waals surface area (Å²) < 4.78 is 5.08. The van der Waals surface area contributed by atoms with Crippen LogP contribution in [0.3, 0.4) is 0 Å². The summed E-state index contributed by atoms with van der Waals surface area (Å²) in [5.74, 6) is -0.178. The number of amides is 1. The lowest BCUT2D eigenvalue weighted by molar-refractivity contribution is -0.116. The normalized spacial score (nSPS) is 13.1. The molecule has 1 unspecified atom stereocenters. The summed E-state index contributed by atoms with van der Waals surface area (Å²) >= 11 is 0. The predicted octanol–water partition coefficient (Wildman–Crippen LogP) is 1.53. The summed E-state index contributed by atoms with van der Waals surface area (Å²) in [6.45, 7) is 1.90. The molecule has 19 heavy (non-hydrogen) atoms. The van der Waals surface area contributed by atoms with Gasteiger partial charge >= 0.3 is 0 Å². The first-order valence-electron chi connectivity index (χ1n) is 5.98. The van der Waals surface area contributed by atoms with Crippen LogP contribution in [0.25, 0.3) is 0 Å². The summed E-state index contributed by atoms with van der Waals surface area (Å²) in [7, 11) is 1.61. The van der Waals surface area contributed by atoms with Crippen LogP contribution in [-0.4, -0.2) is 30.2 Å². The van der Waals surface area contributed by atoms with E-state index in [0.717, 1.165) is 0 Å². The molecule has 0 radical (unpaired) electrons. The molecule has 0 aromatic heterocycles. The molecule has 0 aliphatic rings. The minimum absolute atomic E-state index is 0.0325. The SMILES string of the molecule is COC(C)CCC(=O)Nc1ccccc1/C(N)=N/O. The summed E-state index contributed by atoms with van der Waals surface area (Å²) in [6.07, 6.45) is 1.01. The van der Waals surface area contributed by atoms with Gasteiger partial charge in [-0.25, -0.2) is 0 Å². The van der Waals surface area contributed by atoms with Crippen LogP contribution in [-0.2, 0) is 9.53 Å². The van der Waals surface area contributed by atoms with Crippen LogP contribution >= 0.6 is 0 Å². The molecule has 0 aliphatic heterocycles. The summed E-state index contributed by atoms with van der Waals surface area (Å²) in [5.41, 5.74) is 6.55. The zero-order valence-corrected chi connectivity index (χ0v) is 11.1. The van der Waals surface area contributed by atoms with Crippen LogP contribution in [0.4, 0.5) is 5.69 Å². The van der Waals surface area contributed by atoms with Crippen molar-refractivity contribution in [2.45, 2.75) is 25.9 Å². The van der Waals surface area contributed by atoms with Crippen LogP contribution in [0.2, 0.25) is 0 Å². The molecule has 0 fully saturated rings. The smallest absolute Gasteiger partial charge is 0.224 e. The fourth-order valence-electron chi connectivity index (χ4n) is 1.53. The van der Waals surface area contributed by atoms with Gasteiger partial charge in [0.1, 0.15) is 0 Å². The van der Waals surface area contributed by atoms with Crippen molar-refractivity contribution in [2.24, 2.45) is 10.9 Å². The molecule has 4 N–H and O–H groups in total. The Balaban J connectivity index is 2.69. The van der Waals surface area contributed by atoms with Crippen molar-refractivity contribution in [1.82, 2.24) is 0 Å². The Labute approximate surface area is 112 Å². The lowest BCUT2D eigenvalue weighted by Crippen LogP contribution is -2.20. The Morgan fingerprint density at radius 1 is 1.53 bits per heavy atom. The second-order valence-electron chi connectivity index (χ2n) is 4.16. The maximum atomic E-state index is 11.8. The van der Waals surface area contributed by atoms with E-state index in [4.69, 9.17) is 15.7 Å². The van der Waals surface area contributed by atoms with Crippen molar-refractivity contribution in [3.8, 4) is 0 Å². The quantitative estimate of drug-likeness (QED) is 0.314. The van der Waals surface area contributed by atoms with Crippen molar-refractivity contribution in [2.75, 3.05) is 12.4 Å². The third-order valence-electron chi connectivity index (χ3n) is 2.77. The lowest BCUT2D eigenvalue weighted by atomic mass is 10.1. The van der Waals surface area contributed by atoms with Gasteiger partial charge in [0.2, 0.25) is 5.91 Å². The van der Waals surface area contributed by atoms with E-state index in [1.807, 2.05) is 6.92 Å². The number of hydrogen-bond donors (Lipinski definition) is 3. The van der Waals surface area contributed by atoms with E-state index < -0.39 is 0 Å². The van der Waals surface area contributed by atoms with E-state index in [-0.39, 0.29) is 17.8 Å². The third-order valence-corrected chi connectivity index (χ3v) is 2.77. The third kappa shape index (κ3) is 4.59. The lowest BCUT2D eigenvalue weighted by Gasteiger charge is -2.11. The number of hydrogen-bond acceptors (Lipinski definition) is 4. The first kappa shape index (κ1) is 15.0. The molecule has 0 heterocycles. The summed E-state index contributed by atoms with van der Waals surface area (Å²) in [5, 5.41) is 14.4. The molecule has 0 saturated carbocycles. The number of methoxy groups -OCH3 is 1. The molecule has 0 spiro atoms. The van der Waals surface area contributed by atoms with Gasteiger partial charge in [0.15, 0.2) is 5.84 Å². The van der Waals surface area contributed by atoms with Crippen molar-refractivity contribution in [1.29, 1.82) is 0 Å². The number of benzene rings is 1. The number of carbonyl (C=O) groups excluding carboxylic acids is 1. The first-order valence-corrected chi connectivity index (χ1v) is 5.98. The van der Waals surface area contributed by atoms with Crippen molar-refractivity contribution < 1.29 is 14.7 Å². The van der Waals surface area contributed by atoms with Crippen LogP contribution in [0.1, 0.15) is 25.3 Å². The number of anilines is 1. The van der Waals surface area contributed by atoms with Crippen LogP contribution in [0.15, 0.2) is 29.4 Å². The molecule has 1 atom stereocenters. The standard InChI is InChI=1S/C13H19N3O3/c1-9(19-2)7-8-12(17)15-11-6-4-3-5-10(11)13(14)16-18/h3-6,9,18H,7-8H2,1-2H3,(H2,14,16)(H,15,17). The minimum atomic E-state index is -0.137. The van der Waals surface area contributed by atoms with Crippen molar-refractivity contribution in [3.05, 3.63) is 29.8 Å². The Kier molecular flexibility index (Phi) is 5.81. The minimum Gasteiger partial charge on any atom is -0.409 e. The van der Waals surface area contributed by atoms with E-state index in [9.17, 15) is 4.79 Å². The zero-order chi connectivity index (χ0) is 14.3. The van der Waals surface area contributed by atoms with Gasteiger partial charge in [-0.1, -0.05) is 17.3 Å². The van der Waals surface area contributed by atoms with Gasteiger partial charge < -0.3 is 21.0 Å². The first-order chi connectivity index (χ1) is 9.08. The number of nitrogens with zero attached hydrogens (tertiary/aromatic N) is 1. The molecule has 6 nitrogen and oxygen atoms in total. The number of rotatable bonds is 6. The number of nitrogens with one attached hydrogen (secondary N) is 1. The number of ether oxygens (including phenoxy) is 1. The van der Waals surface area contributed by atoms with Gasteiger partial charge in [-0.05, 0) is 25.5 Å². The van der Waals surface area contributed by atoms with E-state index in [2.05, 4.69) is 10.5 Å². The predicted molar refractivity (Wildman–Crippen MR) is 73.3 cm³/mol. The van der Waals surface area contributed by atoms with Crippen LogP contribution in [0, 0.1) is 0 Å². The molecule has 1 aromatic rings. The van der Waals surface area contributed by atoms with Gasteiger partial charge in [0, 0.05) is 19.1 Å². The second-order valence-corrected chi connectivity index (χ2v) is 4.16. The average Bonchev–Trinajstić information content (AvgIpc) is 2.44. The Bertz CT molecular complexity index is 460. The fraction of sp³-hybridized carbons (Fsp3) is 0.385. The largest absolute Gasteiger partial charge is 0.409 e. The summed E-state index contributed by atoms with van der Waals surface area (Å²) in [6, 6.07) is 6.88. The molecular formula is C13H19N3O3. The van der Waals surface area contributed by atoms with Gasteiger partial charge in [-0.3, -0.25) is 4.79 Å². The second kappa shape index (κ2) is 7.38. The highest BCUT2D eigenvalue weighted by atomic mass is 16.5. The highest BCUT2D eigenvalue weighted by molar-refractivity contribution is 6.05. The topological polar surface area (TPSA) is 96.9 Å². The number of amidine groups is 1. The highest BCUT2D eigenvalue weighted by Gasteiger charge is 2.10. The molecule has 0 aliphatic carbocycles. The number of carbonyl (C=O) groups is 1. The van der Waals surface area contributed by atoms with Gasteiger partial charge in [-0.15, -0.1) is 0 Å². The number of oxime groups is 1. The van der Waals surface area contributed by atoms with E-state index in [1.165, 1.54) is 0 Å². The molecule has 1 aromatic carbocycles. The average molecular weight is 265 g/mol. The molecule has 6 heteroatoms. The van der Waals surface area contributed by atoms with Gasteiger partial charge in [0.05, 0.1) is 11.8 Å². The zero-order valence-electron chi connectivity index (χ0n) is 11.1. The van der Waals surface area contributed by atoms with Crippen LogP contribution < -0.4 is 11.1 Å². The molecule has 0 bridgehead atoms. The van der Waals surface area contributed by atoms with Crippen molar-refractivity contribution in [3.63, 3.8) is 0 Å². The van der Waals surface area contributed by atoms with E-state index in [1.54, 1.807) is 31.4 Å². The number of para-hydroxylation sites is 1. The maximum absolute atomic E-state index is 11.8. The van der Waals surface area contributed by atoms with Crippen LogP contribution in [0.5, 0.6) is 0 Å². The molecular weight excluding hydrogens is 246 g/mol. The molecule has 0 saturated heterocycles. The van der Waals surface area contributed by atoms with Crippen molar-refractivity contribution >= 4 is 17.4 Å². The molecule has 104 valence electrons. The van der Waals surface area contributed by atoms with E-state index in [0.29, 0.717) is 24.1 Å². The summed E-state index contributed by atoms with van der Waals surface area (Å²) in [4.78, 5) is 11.8. The van der Waals surface area contributed by atoms with Gasteiger partial charge in [0.25, 0.3) is 0 Å².